The summed E-state index contributed by atoms with van der Waals surface area (Å²) in [6, 6.07) is 30.6. The molecule has 12 heteroatoms. The Morgan fingerprint density at radius 1 is 0.519 bits per heavy atom. The molecule has 0 radical (unpaired) electrons. The van der Waals surface area contributed by atoms with Crippen molar-refractivity contribution in [2.24, 2.45) is 0 Å². The predicted octanol–water partition coefficient (Wildman–Crippen LogP) is 5.28. The number of benzene rings is 4. The van der Waals surface area contributed by atoms with Gasteiger partial charge in [-0.25, -0.2) is 0 Å². The Balaban J connectivity index is 1.32. The number of Topliss-reactive ketones (excluding diaryl/α,β-unsaturated/α-hetero) is 4. The van der Waals surface area contributed by atoms with E-state index in [2.05, 4.69) is 10.6 Å². The first-order valence-electron chi connectivity index (χ1n) is 16.1. The van der Waals surface area contributed by atoms with E-state index in [-0.39, 0.29) is 45.8 Å². The summed E-state index contributed by atoms with van der Waals surface area (Å²) in [5.41, 5.74) is 3.18. The van der Waals surface area contributed by atoms with Crippen molar-refractivity contribution in [2.75, 3.05) is 22.9 Å². The maximum atomic E-state index is 13.6. The lowest BCUT2D eigenvalue weighted by molar-refractivity contribution is -0.132. The minimum absolute atomic E-state index is 0.00208. The molecular weight excluding hydrogens is 697 g/mol. The highest BCUT2D eigenvalue weighted by Crippen LogP contribution is 2.32. The zero-order chi connectivity index (χ0) is 37.1. The fourth-order valence-corrected chi connectivity index (χ4v) is 6.68. The number of carbonyl (C=O) groups is 6. The van der Waals surface area contributed by atoms with Crippen LogP contribution in [0.4, 0.5) is 11.4 Å². The van der Waals surface area contributed by atoms with Crippen LogP contribution in [0, 0.1) is 0 Å². The summed E-state index contributed by atoms with van der Waals surface area (Å²) in [6.45, 7) is 3.15. The summed E-state index contributed by atoms with van der Waals surface area (Å²) in [5, 5.41) is 6.53. The third-order valence-electron chi connectivity index (χ3n) is 8.46. The highest BCUT2D eigenvalue weighted by Gasteiger charge is 2.44. The van der Waals surface area contributed by atoms with Crippen molar-refractivity contribution in [1.82, 2.24) is 10.6 Å². The molecule has 2 N–H and O–H groups in total. The van der Waals surface area contributed by atoms with Gasteiger partial charge in [-0.05, 0) is 49.2 Å². The molecule has 2 saturated heterocycles. The Bertz CT molecular complexity index is 2120. The van der Waals surface area contributed by atoms with Crippen LogP contribution in [0.15, 0.2) is 120 Å². The third kappa shape index (κ3) is 6.76. The summed E-state index contributed by atoms with van der Waals surface area (Å²) in [6.07, 6.45) is 0. The van der Waals surface area contributed by atoms with Gasteiger partial charge in [-0.15, -0.1) is 0 Å². The summed E-state index contributed by atoms with van der Waals surface area (Å²) in [5.74, 6) is -3.71. The zero-order valence-electron chi connectivity index (χ0n) is 28.0. The number of thiocarbonyl (C=S) groups is 2. The average Bonchev–Trinajstić information content (AvgIpc) is 3.51. The van der Waals surface area contributed by atoms with Gasteiger partial charge in [0.05, 0.1) is 33.9 Å². The number of carbonyl (C=O) groups excluding carboxylic acids is 6. The molecule has 52 heavy (non-hydrogen) atoms. The number of ketones is 4. The van der Waals surface area contributed by atoms with E-state index >= 15 is 0 Å². The van der Waals surface area contributed by atoms with Gasteiger partial charge in [-0.3, -0.25) is 38.6 Å². The fourth-order valence-electron chi connectivity index (χ4n) is 5.91. The van der Waals surface area contributed by atoms with Crippen molar-refractivity contribution in [3.63, 3.8) is 0 Å². The van der Waals surface area contributed by atoms with E-state index in [1.165, 1.54) is 26.0 Å². The lowest BCUT2D eigenvalue weighted by Gasteiger charge is -2.19. The molecule has 6 rings (SSSR count). The SMILES string of the molecule is CC(=O)c1cccc(N2C(=O)C(=O)/C(=C(\NCCN/C(=C3\C(=O)C(=O)N(c4cccc(C(C)=O)c4)C3=S)c3ccccc3)c3ccccc3)C2=S)c1. The zero-order valence-corrected chi connectivity index (χ0v) is 29.6. The number of anilines is 2. The quantitative estimate of drug-likeness (QED) is 0.0692. The Morgan fingerprint density at radius 3 is 1.21 bits per heavy atom. The molecule has 0 saturated carbocycles. The number of nitrogens with one attached hydrogen (secondary N) is 2. The Labute approximate surface area is 309 Å². The number of hydrogen-bond donors (Lipinski definition) is 2. The smallest absolute Gasteiger partial charge is 0.304 e. The Hall–Kier alpha value is -6.24. The van der Waals surface area contributed by atoms with Gasteiger partial charge < -0.3 is 10.6 Å². The van der Waals surface area contributed by atoms with Gasteiger partial charge >= 0.3 is 11.8 Å². The van der Waals surface area contributed by atoms with E-state index in [9.17, 15) is 28.8 Å². The standard InChI is InChI=1S/C40H30N4O6S2/c1-23(45)27-15-9-17-29(21-27)43-37(49)35(47)31(39(43)51)33(25-11-5-3-6-12-25)41-19-20-42-34(26-13-7-4-8-14-26)32-36(48)38(50)44(40(32)52)30-18-10-16-28(22-30)24(2)46/h3-18,21-22,41-42H,19-20H2,1-2H3/b33-31+,34-32+. The number of amides is 2. The summed E-state index contributed by atoms with van der Waals surface area (Å²) in [7, 11) is 0. The third-order valence-corrected chi connectivity index (χ3v) is 9.23. The molecular formula is C40H30N4O6S2. The van der Waals surface area contributed by atoms with E-state index in [4.69, 9.17) is 24.4 Å². The van der Waals surface area contributed by atoms with Crippen LogP contribution in [0.3, 0.4) is 0 Å². The molecule has 258 valence electrons. The topological polar surface area (TPSA) is 133 Å². The summed E-state index contributed by atoms with van der Waals surface area (Å²) in [4.78, 5) is 80.2. The fraction of sp³-hybridized carbons (Fsp3) is 0.100. The van der Waals surface area contributed by atoms with E-state index in [0.717, 1.165) is 9.80 Å². The lowest BCUT2D eigenvalue weighted by Crippen LogP contribution is -2.30. The lowest BCUT2D eigenvalue weighted by atomic mass is 10.0. The second kappa shape index (κ2) is 14.9. The molecule has 0 aromatic heterocycles. The minimum Gasteiger partial charge on any atom is -0.382 e. The van der Waals surface area contributed by atoms with E-state index in [1.54, 1.807) is 84.9 Å². The molecule has 10 nitrogen and oxygen atoms in total. The van der Waals surface area contributed by atoms with Crippen LogP contribution >= 0.6 is 24.4 Å². The molecule has 4 aromatic carbocycles. The van der Waals surface area contributed by atoms with Gasteiger partial charge in [0.1, 0.15) is 9.98 Å². The van der Waals surface area contributed by atoms with Crippen LogP contribution in [0.1, 0.15) is 45.7 Å². The first-order chi connectivity index (χ1) is 25.0. The summed E-state index contributed by atoms with van der Waals surface area (Å²) >= 11 is 11.4. The van der Waals surface area contributed by atoms with Crippen LogP contribution in [-0.4, -0.2) is 58.0 Å². The Kier molecular flexibility index (Phi) is 10.2. The molecule has 2 amide bonds. The summed E-state index contributed by atoms with van der Waals surface area (Å²) < 4.78 is 0. The van der Waals surface area contributed by atoms with E-state index in [1.807, 2.05) is 12.1 Å². The Morgan fingerprint density at radius 2 is 0.865 bits per heavy atom. The van der Waals surface area contributed by atoms with Crippen molar-refractivity contribution < 1.29 is 28.8 Å². The van der Waals surface area contributed by atoms with Gasteiger partial charge in [0.2, 0.25) is 0 Å². The highest BCUT2D eigenvalue weighted by atomic mass is 32.1. The molecule has 2 heterocycles. The largest absolute Gasteiger partial charge is 0.382 e. The van der Waals surface area contributed by atoms with E-state index in [0.29, 0.717) is 45.0 Å². The molecule has 2 fully saturated rings. The van der Waals surface area contributed by atoms with Crippen molar-refractivity contribution in [1.29, 1.82) is 0 Å². The van der Waals surface area contributed by atoms with Crippen molar-refractivity contribution >= 4 is 92.1 Å². The first kappa shape index (κ1) is 35.6. The maximum absolute atomic E-state index is 13.6. The van der Waals surface area contributed by atoms with Gasteiger partial charge in [-0.2, -0.15) is 0 Å². The number of rotatable bonds is 11. The average molecular weight is 727 g/mol. The van der Waals surface area contributed by atoms with Gasteiger partial charge in [0.15, 0.2) is 11.6 Å². The molecule has 0 atom stereocenters. The van der Waals surface area contributed by atoms with Gasteiger partial charge in [-0.1, -0.05) is 109 Å². The molecule has 2 aliphatic heterocycles. The molecule has 0 bridgehead atoms. The van der Waals surface area contributed by atoms with Crippen LogP contribution < -0.4 is 20.4 Å². The molecule has 0 spiro atoms. The second-order valence-electron chi connectivity index (χ2n) is 11.8. The molecule has 0 unspecified atom stereocenters. The van der Waals surface area contributed by atoms with Crippen molar-refractivity contribution in [3.05, 3.63) is 143 Å². The monoisotopic (exact) mass is 726 g/mol. The minimum atomic E-state index is -0.846. The van der Waals surface area contributed by atoms with Crippen LogP contribution in [0.25, 0.3) is 11.4 Å². The molecule has 2 aliphatic rings. The molecule has 4 aromatic rings. The van der Waals surface area contributed by atoms with Crippen LogP contribution in [0.2, 0.25) is 0 Å². The van der Waals surface area contributed by atoms with Crippen molar-refractivity contribution in [3.8, 4) is 0 Å². The van der Waals surface area contributed by atoms with E-state index < -0.39 is 23.4 Å². The maximum Gasteiger partial charge on any atom is 0.304 e. The van der Waals surface area contributed by atoms with Crippen LogP contribution in [0.5, 0.6) is 0 Å². The predicted molar refractivity (Wildman–Crippen MR) is 206 cm³/mol. The molecule has 0 aliphatic carbocycles. The second-order valence-corrected chi connectivity index (χ2v) is 12.6. The number of nitrogens with zero attached hydrogens (tertiary/aromatic N) is 2. The first-order valence-corrected chi connectivity index (χ1v) is 17.0. The highest BCUT2D eigenvalue weighted by molar-refractivity contribution is 7.81. The van der Waals surface area contributed by atoms with Crippen LogP contribution in [-0.2, 0) is 19.2 Å². The van der Waals surface area contributed by atoms with Gasteiger partial charge in [0, 0.05) is 24.2 Å². The normalized spacial score (nSPS) is 16.4. The van der Waals surface area contributed by atoms with Gasteiger partial charge in [0.25, 0.3) is 11.6 Å². The number of hydrogen-bond acceptors (Lipinski definition) is 10. The van der Waals surface area contributed by atoms with Crippen molar-refractivity contribution in [2.45, 2.75) is 13.8 Å².